The van der Waals surface area contributed by atoms with Crippen LogP contribution >= 0.6 is 0 Å². The van der Waals surface area contributed by atoms with Gasteiger partial charge >= 0.3 is 121 Å². The normalized spacial score (nSPS) is 10.6. The van der Waals surface area contributed by atoms with Gasteiger partial charge in [0.1, 0.15) is 5.82 Å². The first-order chi connectivity index (χ1) is 15.6. The fraction of sp³-hybridized carbons (Fsp3) is 0.0357. The Hall–Kier alpha value is -3.18. The van der Waals surface area contributed by atoms with E-state index in [4.69, 9.17) is 0 Å². The molecule has 0 amide bonds. The first-order valence-electron chi connectivity index (χ1n) is 10.2. The maximum absolute atomic E-state index is 13.0. The van der Waals surface area contributed by atoms with Crippen molar-refractivity contribution in [2.45, 2.75) is 6.92 Å². The molecule has 0 aromatic heterocycles. The summed E-state index contributed by atoms with van der Waals surface area (Å²) in [5.41, 5.74) is 0.259. The Labute approximate surface area is 195 Å². The minimum atomic E-state index is -1.98. The van der Waals surface area contributed by atoms with Gasteiger partial charge in [-0.05, 0) is 24.6 Å². The first kappa shape index (κ1) is 23.5. The third kappa shape index (κ3) is 6.66. The van der Waals surface area contributed by atoms with Crippen LogP contribution in [0.5, 0.6) is 0 Å². The van der Waals surface area contributed by atoms with E-state index >= 15 is 0 Å². The summed E-state index contributed by atoms with van der Waals surface area (Å²) in [5.74, 6) is -1.73. The molecular formula is C28H23FO2Sn. The second-order valence-electron chi connectivity index (χ2n) is 7.11. The summed E-state index contributed by atoms with van der Waals surface area (Å²) < 4.78 is 17.5. The predicted octanol–water partition coefficient (Wildman–Crippen LogP) is 3.18. The molecule has 0 atom stereocenters. The van der Waals surface area contributed by atoms with Crippen molar-refractivity contribution in [3.05, 3.63) is 132 Å². The van der Waals surface area contributed by atoms with Crippen LogP contribution in [0, 0.1) is 5.82 Å². The molecule has 32 heavy (non-hydrogen) atoms. The van der Waals surface area contributed by atoms with Crippen LogP contribution in [-0.4, -0.2) is 25.7 Å². The van der Waals surface area contributed by atoms with Crippen LogP contribution in [0.2, 0.25) is 0 Å². The Morgan fingerprint density at radius 1 is 0.688 bits per heavy atom. The van der Waals surface area contributed by atoms with Crippen molar-refractivity contribution < 1.29 is 14.3 Å². The molecule has 0 N–H and O–H groups in total. The van der Waals surface area contributed by atoms with Crippen LogP contribution in [0.3, 0.4) is 0 Å². The molecule has 158 valence electrons. The SMILES string of the molecule is C/C(=C\c1ccccc1F)C(=O)[O-].c1cc[c]([Sn+]([c]2ccccc2)[c]2ccccc2)cc1. The Morgan fingerprint density at radius 3 is 1.44 bits per heavy atom. The van der Waals surface area contributed by atoms with Crippen molar-refractivity contribution in [3.63, 3.8) is 0 Å². The standard InChI is InChI=1S/C10H9FO2.3C6H5.Sn/c1-7(10(12)13)6-8-4-2-3-5-9(8)11;3*1-2-4-6-5-3-1;/h2-6H,1H3,(H,12,13);3*1-5H;/q;;;;+1/p-1/b7-6+;;;;. The van der Waals surface area contributed by atoms with Crippen molar-refractivity contribution in [3.8, 4) is 0 Å². The molecule has 0 heterocycles. The molecular weight excluding hydrogens is 506 g/mol. The number of carboxylic acid groups (broad SMARTS) is 1. The van der Waals surface area contributed by atoms with Crippen molar-refractivity contribution in [1.29, 1.82) is 0 Å². The molecule has 0 aliphatic rings. The van der Waals surface area contributed by atoms with E-state index in [0.717, 1.165) is 0 Å². The quantitative estimate of drug-likeness (QED) is 0.295. The molecule has 0 spiro atoms. The van der Waals surface area contributed by atoms with E-state index in [1.54, 1.807) is 12.1 Å². The van der Waals surface area contributed by atoms with Crippen molar-refractivity contribution in [1.82, 2.24) is 0 Å². The third-order valence-corrected chi connectivity index (χ3v) is 12.6. The summed E-state index contributed by atoms with van der Waals surface area (Å²) in [6, 6.07) is 38.9. The number of carboxylic acids is 1. The van der Waals surface area contributed by atoms with Crippen LogP contribution in [0.4, 0.5) is 4.39 Å². The number of hydrogen-bond donors (Lipinski definition) is 0. The van der Waals surface area contributed by atoms with Crippen LogP contribution < -0.4 is 15.8 Å². The van der Waals surface area contributed by atoms with Crippen LogP contribution in [0.1, 0.15) is 12.5 Å². The molecule has 4 aromatic rings. The van der Waals surface area contributed by atoms with E-state index < -0.39 is 31.5 Å². The average molecular weight is 529 g/mol. The van der Waals surface area contributed by atoms with E-state index in [1.807, 2.05) is 0 Å². The predicted molar refractivity (Wildman–Crippen MR) is 129 cm³/mol. The molecule has 4 aromatic carbocycles. The van der Waals surface area contributed by atoms with Crippen LogP contribution in [0.25, 0.3) is 6.08 Å². The van der Waals surface area contributed by atoms with E-state index in [9.17, 15) is 14.3 Å². The second kappa shape index (κ2) is 12.0. The Balaban J connectivity index is 0.000000195. The molecule has 0 aliphatic carbocycles. The van der Waals surface area contributed by atoms with Gasteiger partial charge in [0.05, 0.1) is 5.97 Å². The number of carbonyl (C=O) groups excluding carboxylic acids is 1. The first-order valence-corrected chi connectivity index (χ1v) is 14.5. The molecule has 0 aliphatic heterocycles. The molecule has 0 unspecified atom stereocenters. The fourth-order valence-corrected chi connectivity index (χ4v) is 10.6. The van der Waals surface area contributed by atoms with Crippen LogP contribution in [0.15, 0.2) is 121 Å². The van der Waals surface area contributed by atoms with Gasteiger partial charge in [-0.3, -0.25) is 0 Å². The fourth-order valence-electron chi connectivity index (χ4n) is 3.20. The van der Waals surface area contributed by atoms with Gasteiger partial charge in [-0.1, -0.05) is 18.2 Å². The van der Waals surface area contributed by atoms with Crippen molar-refractivity contribution >= 4 is 42.5 Å². The number of rotatable bonds is 5. The topological polar surface area (TPSA) is 40.1 Å². The Kier molecular flexibility index (Phi) is 8.81. The molecule has 0 saturated carbocycles. The van der Waals surface area contributed by atoms with Gasteiger partial charge in [0, 0.05) is 5.56 Å². The van der Waals surface area contributed by atoms with Gasteiger partial charge in [-0.15, -0.1) is 0 Å². The summed E-state index contributed by atoms with van der Waals surface area (Å²) in [5, 5.41) is 10.3. The van der Waals surface area contributed by atoms with E-state index in [0.29, 0.717) is 0 Å². The second-order valence-corrected chi connectivity index (χ2v) is 14.2. The molecule has 0 radical (unpaired) electrons. The summed E-state index contributed by atoms with van der Waals surface area (Å²) in [4.78, 5) is 10.3. The Morgan fingerprint density at radius 2 is 1.06 bits per heavy atom. The molecule has 0 bridgehead atoms. The summed E-state index contributed by atoms with van der Waals surface area (Å²) >= 11 is -1.98. The Bertz CT molecular complexity index is 1070. The number of aliphatic carboxylic acids is 1. The van der Waals surface area contributed by atoms with Gasteiger partial charge in [-0.25, -0.2) is 4.39 Å². The maximum atomic E-state index is 13.0. The van der Waals surface area contributed by atoms with Crippen molar-refractivity contribution in [2.24, 2.45) is 0 Å². The number of benzene rings is 4. The molecule has 4 rings (SSSR count). The van der Waals surface area contributed by atoms with Gasteiger partial charge in [0.25, 0.3) is 0 Å². The zero-order valence-corrected chi connectivity index (χ0v) is 20.6. The van der Waals surface area contributed by atoms with Gasteiger partial charge in [0.2, 0.25) is 0 Å². The summed E-state index contributed by atoms with van der Waals surface area (Å²) in [6.45, 7) is 1.36. The zero-order valence-electron chi connectivity index (χ0n) is 17.7. The third-order valence-electron chi connectivity index (χ3n) is 4.79. The van der Waals surface area contributed by atoms with Gasteiger partial charge < -0.3 is 9.90 Å². The van der Waals surface area contributed by atoms with E-state index in [-0.39, 0.29) is 11.1 Å². The molecule has 2 nitrogen and oxygen atoms in total. The van der Waals surface area contributed by atoms with E-state index in [1.165, 1.54) is 35.9 Å². The van der Waals surface area contributed by atoms with Gasteiger partial charge in [0.15, 0.2) is 0 Å². The van der Waals surface area contributed by atoms with E-state index in [2.05, 4.69) is 91.0 Å². The molecule has 4 heteroatoms. The summed E-state index contributed by atoms with van der Waals surface area (Å²) in [7, 11) is 0. The zero-order chi connectivity index (χ0) is 22.8. The number of carbonyl (C=O) groups is 1. The molecule has 0 saturated heterocycles. The van der Waals surface area contributed by atoms with Crippen molar-refractivity contribution in [2.75, 3.05) is 0 Å². The monoisotopic (exact) mass is 530 g/mol. The summed E-state index contributed by atoms with van der Waals surface area (Å²) in [6.07, 6.45) is 1.24. The minimum absolute atomic E-state index is 0.00472. The average Bonchev–Trinajstić information content (AvgIpc) is 2.83. The molecule has 0 fully saturated rings. The van der Waals surface area contributed by atoms with Gasteiger partial charge in [-0.2, -0.15) is 0 Å². The number of hydrogen-bond acceptors (Lipinski definition) is 2. The van der Waals surface area contributed by atoms with Crippen LogP contribution in [-0.2, 0) is 4.79 Å². The number of halogens is 1.